The van der Waals surface area contributed by atoms with Gasteiger partial charge >= 0.3 is 0 Å². The Morgan fingerprint density at radius 3 is 2.58 bits per heavy atom. The van der Waals surface area contributed by atoms with Gasteiger partial charge < -0.3 is 10.5 Å². The first-order valence-corrected chi connectivity index (χ1v) is 6.15. The lowest BCUT2D eigenvalue weighted by Crippen LogP contribution is -2.05. The zero-order valence-corrected chi connectivity index (χ0v) is 11.5. The smallest absolute Gasteiger partial charge is 0.193 e. The Labute approximate surface area is 117 Å². The molecule has 4 heteroatoms. The van der Waals surface area contributed by atoms with Crippen molar-refractivity contribution in [1.82, 2.24) is 0 Å². The summed E-state index contributed by atoms with van der Waals surface area (Å²) in [5.41, 5.74) is 8.26. The zero-order valence-electron chi connectivity index (χ0n) is 10.7. The van der Waals surface area contributed by atoms with Crippen molar-refractivity contribution < 1.29 is 9.53 Å². The zero-order chi connectivity index (χ0) is 14.0. The highest BCUT2D eigenvalue weighted by atomic mass is 35.5. The number of methoxy groups -OCH3 is 1. The van der Waals surface area contributed by atoms with Gasteiger partial charge in [-0.25, -0.2) is 0 Å². The van der Waals surface area contributed by atoms with E-state index in [0.717, 1.165) is 5.56 Å². The second kappa shape index (κ2) is 5.33. The molecule has 3 nitrogen and oxygen atoms in total. The van der Waals surface area contributed by atoms with E-state index in [1.54, 1.807) is 30.3 Å². The summed E-state index contributed by atoms with van der Waals surface area (Å²) in [4.78, 5) is 12.4. The lowest BCUT2D eigenvalue weighted by atomic mass is 9.98. The maximum atomic E-state index is 12.4. The Bertz CT molecular complexity index is 638. The highest BCUT2D eigenvalue weighted by Gasteiger charge is 2.14. The van der Waals surface area contributed by atoms with Crippen LogP contribution < -0.4 is 10.5 Å². The second-order valence-corrected chi connectivity index (χ2v) is 4.66. The molecule has 0 aromatic heterocycles. The number of hydrogen-bond acceptors (Lipinski definition) is 3. The molecule has 0 heterocycles. The molecule has 2 rings (SSSR count). The predicted octanol–water partition coefficient (Wildman–Crippen LogP) is 3.47. The van der Waals surface area contributed by atoms with Gasteiger partial charge in [0.1, 0.15) is 5.75 Å². The molecule has 0 unspecified atom stereocenters. The molecule has 98 valence electrons. The highest BCUT2D eigenvalue weighted by molar-refractivity contribution is 6.32. The van der Waals surface area contributed by atoms with E-state index in [9.17, 15) is 4.79 Å². The second-order valence-electron chi connectivity index (χ2n) is 4.25. The summed E-state index contributed by atoms with van der Waals surface area (Å²) in [5, 5.41) is 0.412. The molecule has 2 aromatic rings. The number of anilines is 1. The molecule has 0 aliphatic carbocycles. The van der Waals surface area contributed by atoms with E-state index >= 15 is 0 Å². The number of hydrogen-bond donors (Lipinski definition) is 1. The van der Waals surface area contributed by atoms with Crippen molar-refractivity contribution in [2.75, 3.05) is 12.8 Å². The average molecular weight is 276 g/mol. The molecular formula is C15H14ClNO2. The van der Waals surface area contributed by atoms with Gasteiger partial charge in [0.15, 0.2) is 5.78 Å². The monoisotopic (exact) mass is 275 g/mol. The summed E-state index contributed by atoms with van der Waals surface area (Å²) >= 11 is 6.03. The fourth-order valence-corrected chi connectivity index (χ4v) is 2.11. The standard InChI is InChI=1S/C15H14ClNO2/c1-9-3-5-11(17)8-12(9)15(18)10-4-6-14(19-2)13(16)7-10/h3-8H,17H2,1-2H3. The fourth-order valence-electron chi connectivity index (χ4n) is 1.85. The Balaban J connectivity index is 2.44. The Kier molecular flexibility index (Phi) is 3.76. The molecule has 0 fully saturated rings. The van der Waals surface area contributed by atoms with Crippen LogP contribution in [0.3, 0.4) is 0 Å². The van der Waals surface area contributed by atoms with Crippen molar-refractivity contribution in [1.29, 1.82) is 0 Å². The minimum Gasteiger partial charge on any atom is -0.495 e. The number of carbonyl (C=O) groups is 1. The average Bonchev–Trinajstić information content (AvgIpc) is 2.40. The van der Waals surface area contributed by atoms with E-state index < -0.39 is 0 Å². The number of carbonyl (C=O) groups excluding carboxylic acids is 1. The van der Waals surface area contributed by atoms with Crippen LogP contribution in [0.5, 0.6) is 5.75 Å². The molecule has 0 amide bonds. The van der Waals surface area contributed by atoms with E-state index in [4.69, 9.17) is 22.1 Å². The number of nitrogens with two attached hydrogens (primary N) is 1. The largest absolute Gasteiger partial charge is 0.495 e. The van der Waals surface area contributed by atoms with Crippen molar-refractivity contribution in [3.05, 3.63) is 58.1 Å². The lowest BCUT2D eigenvalue weighted by Gasteiger charge is -2.08. The maximum absolute atomic E-state index is 12.4. The van der Waals surface area contributed by atoms with Gasteiger partial charge in [0, 0.05) is 16.8 Å². The van der Waals surface area contributed by atoms with Gasteiger partial charge in [-0.2, -0.15) is 0 Å². The minimum atomic E-state index is -0.102. The van der Waals surface area contributed by atoms with Crippen molar-refractivity contribution >= 4 is 23.1 Å². The van der Waals surface area contributed by atoms with Gasteiger partial charge in [-0.05, 0) is 42.8 Å². The Morgan fingerprint density at radius 2 is 1.95 bits per heavy atom. The number of nitrogen functional groups attached to an aromatic ring is 1. The van der Waals surface area contributed by atoms with Crippen molar-refractivity contribution in [2.24, 2.45) is 0 Å². The van der Waals surface area contributed by atoms with Crippen LogP contribution in [0.25, 0.3) is 0 Å². The van der Waals surface area contributed by atoms with Crippen LogP contribution in [0.15, 0.2) is 36.4 Å². The topological polar surface area (TPSA) is 52.3 Å². The van der Waals surface area contributed by atoms with E-state index in [-0.39, 0.29) is 5.78 Å². The molecule has 0 atom stereocenters. The van der Waals surface area contributed by atoms with Crippen LogP contribution in [0.1, 0.15) is 21.5 Å². The number of halogens is 1. The first kappa shape index (κ1) is 13.4. The van der Waals surface area contributed by atoms with Gasteiger partial charge in [0.05, 0.1) is 12.1 Å². The Hall–Kier alpha value is -2.00. The van der Waals surface area contributed by atoms with Crippen LogP contribution in [-0.2, 0) is 0 Å². The molecule has 0 aliphatic rings. The van der Waals surface area contributed by atoms with Gasteiger partial charge in [-0.15, -0.1) is 0 Å². The van der Waals surface area contributed by atoms with Crippen LogP contribution in [0.2, 0.25) is 5.02 Å². The molecule has 0 saturated heterocycles. The number of ketones is 1. The molecule has 2 aromatic carbocycles. The summed E-state index contributed by atoms with van der Waals surface area (Å²) in [7, 11) is 1.53. The van der Waals surface area contributed by atoms with E-state index in [1.165, 1.54) is 7.11 Å². The molecule has 0 bridgehead atoms. The van der Waals surface area contributed by atoms with E-state index in [0.29, 0.717) is 27.6 Å². The van der Waals surface area contributed by atoms with Gasteiger partial charge in [-0.1, -0.05) is 17.7 Å². The van der Waals surface area contributed by atoms with Crippen molar-refractivity contribution in [2.45, 2.75) is 6.92 Å². The van der Waals surface area contributed by atoms with Gasteiger partial charge in [0.2, 0.25) is 0 Å². The summed E-state index contributed by atoms with van der Waals surface area (Å²) < 4.78 is 5.07. The molecule has 0 radical (unpaired) electrons. The third-order valence-electron chi connectivity index (χ3n) is 2.92. The van der Waals surface area contributed by atoms with Crippen LogP contribution in [-0.4, -0.2) is 12.9 Å². The van der Waals surface area contributed by atoms with Crippen LogP contribution in [0, 0.1) is 6.92 Å². The maximum Gasteiger partial charge on any atom is 0.193 e. The predicted molar refractivity (Wildman–Crippen MR) is 77.0 cm³/mol. The number of aryl methyl sites for hydroxylation is 1. The van der Waals surface area contributed by atoms with E-state index in [1.807, 2.05) is 13.0 Å². The minimum absolute atomic E-state index is 0.102. The quantitative estimate of drug-likeness (QED) is 0.689. The number of ether oxygens (including phenoxy) is 1. The SMILES string of the molecule is COc1ccc(C(=O)c2cc(N)ccc2C)cc1Cl. The molecule has 0 aliphatic heterocycles. The van der Waals surface area contributed by atoms with Crippen molar-refractivity contribution in [3.63, 3.8) is 0 Å². The van der Waals surface area contributed by atoms with Crippen LogP contribution in [0.4, 0.5) is 5.69 Å². The summed E-state index contributed by atoms with van der Waals surface area (Å²) in [6, 6.07) is 10.2. The van der Waals surface area contributed by atoms with E-state index in [2.05, 4.69) is 0 Å². The highest BCUT2D eigenvalue weighted by Crippen LogP contribution is 2.26. The first-order valence-electron chi connectivity index (χ1n) is 5.77. The third-order valence-corrected chi connectivity index (χ3v) is 3.22. The van der Waals surface area contributed by atoms with Crippen LogP contribution >= 0.6 is 11.6 Å². The molecule has 0 saturated carbocycles. The van der Waals surface area contributed by atoms with Crippen molar-refractivity contribution in [3.8, 4) is 5.75 Å². The molecular weight excluding hydrogens is 262 g/mol. The first-order chi connectivity index (χ1) is 9.02. The molecule has 2 N–H and O–H groups in total. The van der Waals surface area contributed by atoms with Gasteiger partial charge in [0.25, 0.3) is 0 Å². The summed E-state index contributed by atoms with van der Waals surface area (Å²) in [6.45, 7) is 1.87. The summed E-state index contributed by atoms with van der Waals surface area (Å²) in [6.07, 6.45) is 0. The normalized spacial score (nSPS) is 10.3. The Morgan fingerprint density at radius 1 is 1.21 bits per heavy atom. The van der Waals surface area contributed by atoms with Gasteiger partial charge in [-0.3, -0.25) is 4.79 Å². The molecule has 19 heavy (non-hydrogen) atoms. The number of rotatable bonds is 3. The fraction of sp³-hybridized carbons (Fsp3) is 0.133. The summed E-state index contributed by atoms with van der Waals surface area (Å²) in [5.74, 6) is 0.442. The number of benzene rings is 2. The molecule has 0 spiro atoms. The third kappa shape index (κ3) is 2.71. The lowest BCUT2D eigenvalue weighted by molar-refractivity contribution is 0.103.